The minimum atomic E-state index is -0.666. The molecule has 0 aliphatic heterocycles. The van der Waals surface area contributed by atoms with E-state index in [1.54, 1.807) is 6.33 Å². The Morgan fingerprint density at radius 2 is 1.24 bits per heavy atom. The van der Waals surface area contributed by atoms with Crippen LogP contribution in [0.2, 0.25) is 0 Å². The summed E-state index contributed by atoms with van der Waals surface area (Å²) in [6.45, 7) is 0. The van der Waals surface area contributed by atoms with Gasteiger partial charge >= 0.3 is 0 Å². The van der Waals surface area contributed by atoms with Crippen LogP contribution in [-0.2, 0) is 5.41 Å². The number of aromatic amines is 1. The van der Waals surface area contributed by atoms with Gasteiger partial charge in [0.25, 0.3) is 0 Å². The summed E-state index contributed by atoms with van der Waals surface area (Å²) >= 11 is 0. The topological polar surface area (TPSA) is 63.9 Å². The smallest absolute Gasteiger partial charge is 0.158 e. The zero-order valence-electron chi connectivity index (χ0n) is 18.1. The zero-order valence-corrected chi connectivity index (χ0v) is 18.1. The van der Waals surface area contributed by atoms with E-state index in [0.717, 1.165) is 22.4 Å². The number of hydrogen-bond acceptors (Lipinski definition) is 3. The first-order valence-electron chi connectivity index (χ1n) is 11.0. The fourth-order valence-corrected chi connectivity index (χ4v) is 4.58. The summed E-state index contributed by atoms with van der Waals surface area (Å²) in [5.41, 5.74) is 10.3. The molecule has 4 aromatic carbocycles. The lowest BCUT2D eigenvalue weighted by Gasteiger charge is -2.42. The quantitative estimate of drug-likeness (QED) is 0.240. The number of H-pyrrole nitrogens is 1. The van der Waals surface area contributed by atoms with Crippen molar-refractivity contribution in [1.29, 1.82) is 0 Å². The van der Waals surface area contributed by atoms with Gasteiger partial charge in [0.2, 0.25) is 0 Å². The van der Waals surface area contributed by atoms with Gasteiger partial charge in [-0.25, -0.2) is 4.98 Å². The molecular formula is C29H25N3O. The van der Waals surface area contributed by atoms with Gasteiger partial charge < -0.3 is 15.5 Å². The molecule has 5 rings (SSSR count). The standard InChI is InChI=1S/C29H25N3O/c30-25-17-10-18-26(19-25)33-28(27-20-31-21-32-27)29(22-11-4-1-5-12-22,23-13-6-2-7-14-23)24-15-8-3-9-16-24/h1-21,28H,30H2,(H,31,32). The highest BCUT2D eigenvalue weighted by atomic mass is 16.5. The number of nitrogens with two attached hydrogens (primary N) is 1. The van der Waals surface area contributed by atoms with Crippen molar-refractivity contribution < 1.29 is 4.74 Å². The Kier molecular flexibility index (Phi) is 5.64. The van der Waals surface area contributed by atoms with Crippen LogP contribution in [0.15, 0.2) is 128 Å². The first-order chi connectivity index (χ1) is 16.3. The predicted molar refractivity (Wildman–Crippen MR) is 132 cm³/mol. The number of nitrogens with one attached hydrogen (secondary N) is 1. The second-order valence-corrected chi connectivity index (χ2v) is 7.98. The summed E-state index contributed by atoms with van der Waals surface area (Å²) < 4.78 is 6.82. The van der Waals surface area contributed by atoms with Crippen LogP contribution in [-0.4, -0.2) is 9.97 Å². The van der Waals surface area contributed by atoms with Gasteiger partial charge in [0.1, 0.15) is 5.75 Å². The second kappa shape index (κ2) is 9.05. The molecule has 0 aliphatic carbocycles. The number of anilines is 1. The molecule has 4 heteroatoms. The molecule has 0 fully saturated rings. The molecule has 0 saturated heterocycles. The lowest BCUT2D eigenvalue weighted by Crippen LogP contribution is -2.39. The van der Waals surface area contributed by atoms with Crippen LogP contribution in [0.1, 0.15) is 28.5 Å². The van der Waals surface area contributed by atoms with Crippen molar-refractivity contribution in [1.82, 2.24) is 9.97 Å². The number of rotatable bonds is 7. The van der Waals surface area contributed by atoms with Crippen molar-refractivity contribution in [3.63, 3.8) is 0 Å². The molecule has 162 valence electrons. The SMILES string of the molecule is Nc1cccc(OC(c2cnc[nH]2)C(c2ccccc2)(c2ccccc2)c2ccccc2)c1. The maximum Gasteiger partial charge on any atom is 0.158 e. The van der Waals surface area contributed by atoms with E-state index >= 15 is 0 Å². The molecule has 0 amide bonds. The van der Waals surface area contributed by atoms with Crippen molar-refractivity contribution in [2.45, 2.75) is 11.5 Å². The first kappa shape index (κ1) is 20.6. The molecule has 1 unspecified atom stereocenters. The largest absolute Gasteiger partial charge is 0.482 e. The minimum Gasteiger partial charge on any atom is -0.482 e. The van der Waals surface area contributed by atoms with E-state index in [9.17, 15) is 0 Å². The van der Waals surface area contributed by atoms with Crippen molar-refractivity contribution in [2.24, 2.45) is 0 Å². The number of aromatic nitrogens is 2. The number of nitrogens with zero attached hydrogens (tertiary/aromatic N) is 1. The normalized spacial score (nSPS) is 12.2. The molecule has 3 N–H and O–H groups in total. The number of imidazole rings is 1. The molecule has 1 aromatic heterocycles. The summed E-state index contributed by atoms with van der Waals surface area (Å²) in [6.07, 6.45) is 3.08. The van der Waals surface area contributed by atoms with Crippen LogP contribution in [0.3, 0.4) is 0 Å². The highest BCUT2D eigenvalue weighted by Gasteiger charge is 2.47. The van der Waals surface area contributed by atoms with E-state index in [-0.39, 0.29) is 0 Å². The zero-order chi connectivity index (χ0) is 22.5. The Morgan fingerprint density at radius 3 is 1.70 bits per heavy atom. The third-order valence-electron chi connectivity index (χ3n) is 5.99. The van der Waals surface area contributed by atoms with E-state index in [1.165, 1.54) is 0 Å². The van der Waals surface area contributed by atoms with Crippen LogP contribution in [0, 0.1) is 0 Å². The number of hydrogen-bond donors (Lipinski definition) is 2. The van der Waals surface area contributed by atoms with E-state index in [0.29, 0.717) is 11.4 Å². The number of benzene rings is 4. The molecule has 1 atom stereocenters. The Bertz CT molecular complexity index is 1190. The fraction of sp³-hybridized carbons (Fsp3) is 0.0690. The summed E-state index contributed by atoms with van der Waals surface area (Å²) in [5, 5.41) is 0. The molecule has 0 bridgehead atoms. The van der Waals surface area contributed by atoms with E-state index in [4.69, 9.17) is 10.5 Å². The van der Waals surface area contributed by atoms with Gasteiger partial charge in [0.05, 0.1) is 23.6 Å². The van der Waals surface area contributed by atoms with Crippen LogP contribution >= 0.6 is 0 Å². The van der Waals surface area contributed by atoms with Gasteiger partial charge in [-0.1, -0.05) is 97.1 Å². The van der Waals surface area contributed by atoms with Crippen molar-refractivity contribution in [3.05, 3.63) is 150 Å². The Morgan fingerprint density at radius 1 is 0.697 bits per heavy atom. The molecule has 5 aromatic rings. The molecule has 0 aliphatic rings. The summed E-state index contributed by atoms with van der Waals surface area (Å²) in [6, 6.07) is 39.0. The molecule has 4 nitrogen and oxygen atoms in total. The van der Waals surface area contributed by atoms with Gasteiger partial charge in [-0.15, -0.1) is 0 Å². The van der Waals surface area contributed by atoms with Gasteiger partial charge in [-0.2, -0.15) is 0 Å². The van der Waals surface area contributed by atoms with Crippen LogP contribution in [0.25, 0.3) is 0 Å². The maximum atomic E-state index is 6.82. The third-order valence-corrected chi connectivity index (χ3v) is 5.99. The Hall–Kier alpha value is -4.31. The molecule has 0 saturated carbocycles. The lowest BCUT2D eigenvalue weighted by atomic mass is 9.65. The minimum absolute atomic E-state index is 0.450. The maximum absolute atomic E-state index is 6.82. The predicted octanol–water partition coefficient (Wildman–Crippen LogP) is 6.15. The Labute approximate surface area is 193 Å². The van der Waals surface area contributed by atoms with Crippen molar-refractivity contribution >= 4 is 5.69 Å². The van der Waals surface area contributed by atoms with Gasteiger partial charge in [-0.3, -0.25) is 0 Å². The van der Waals surface area contributed by atoms with Crippen LogP contribution in [0.4, 0.5) is 5.69 Å². The van der Waals surface area contributed by atoms with Crippen molar-refractivity contribution in [3.8, 4) is 5.75 Å². The van der Waals surface area contributed by atoms with Gasteiger partial charge in [0.15, 0.2) is 6.10 Å². The first-order valence-corrected chi connectivity index (χ1v) is 11.0. The van der Waals surface area contributed by atoms with Crippen LogP contribution < -0.4 is 10.5 Å². The average molecular weight is 432 g/mol. The third kappa shape index (κ3) is 3.87. The Balaban J connectivity index is 1.84. The average Bonchev–Trinajstić information content (AvgIpc) is 3.41. The monoisotopic (exact) mass is 431 g/mol. The summed E-state index contributed by atoms with van der Waals surface area (Å²) in [5.74, 6) is 0.696. The van der Waals surface area contributed by atoms with Crippen LogP contribution in [0.5, 0.6) is 5.75 Å². The highest BCUT2D eigenvalue weighted by molar-refractivity contribution is 5.54. The number of ether oxygens (including phenoxy) is 1. The van der Waals surface area contributed by atoms with Gasteiger partial charge in [0, 0.05) is 11.8 Å². The fourth-order valence-electron chi connectivity index (χ4n) is 4.58. The van der Waals surface area contributed by atoms with E-state index in [2.05, 4.69) is 82.8 Å². The molecular weight excluding hydrogens is 406 g/mol. The lowest BCUT2D eigenvalue weighted by molar-refractivity contribution is 0.145. The molecule has 1 heterocycles. The van der Waals surface area contributed by atoms with Crippen molar-refractivity contribution in [2.75, 3.05) is 5.73 Å². The van der Waals surface area contributed by atoms with E-state index in [1.807, 2.05) is 48.7 Å². The highest BCUT2D eigenvalue weighted by Crippen LogP contribution is 2.50. The molecule has 0 spiro atoms. The van der Waals surface area contributed by atoms with Gasteiger partial charge in [-0.05, 0) is 28.8 Å². The summed E-state index contributed by atoms with van der Waals surface area (Å²) in [7, 11) is 0. The molecule has 33 heavy (non-hydrogen) atoms. The number of nitrogen functional groups attached to an aromatic ring is 1. The van der Waals surface area contributed by atoms with E-state index < -0.39 is 11.5 Å². The second-order valence-electron chi connectivity index (χ2n) is 7.98. The summed E-state index contributed by atoms with van der Waals surface area (Å²) in [4.78, 5) is 7.66. The molecule has 0 radical (unpaired) electrons.